The highest BCUT2D eigenvalue weighted by Crippen LogP contribution is 2.40. The Labute approximate surface area is 197 Å². The maximum Gasteiger partial charge on any atom is 0.417 e. The molecule has 3 N–H and O–H groups in total. The molecule has 0 saturated carbocycles. The maximum absolute atomic E-state index is 12.6. The van der Waals surface area contributed by atoms with E-state index in [1.807, 2.05) is 22.8 Å². The third-order valence-corrected chi connectivity index (χ3v) is 6.68. The average Bonchev–Trinajstić information content (AvgIpc) is 3.20. The summed E-state index contributed by atoms with van der Waals surface area (Å²) in [4.78, 5) is 62.1. The minimum atomic E-state index is -1.36. The first kappa shape index (κ1) is 24.6. The number of thiophene rings is 1. The molecule has 33 heavy (non-hydrogen) atoms. The van der Waals surface area contributed by atoms with E-state index in [2.05, 4.69) is 5.32 Å². The molecule has 2 atom stereocenters. The van der Waals surface area contributed by atoms with Crippen LogP contribution in [0.15, 0.2) is 28.8 Å². The van der Waals surface area contributed by atoms with Crippen LogP contribution < -0.4 is 10.6 Å². The Morgan fingerprint density at radius 1 is 1.24 bits per heavy atom. The minimum absolute atomic E-state index is 0.131. The number of carboxylic acids is 1. The summed E-state index contributed by atoms with van der Waals surface area (Å²) >= 11 is 2.67. The Balaban J connectivity index is 1.60. The largest absolute Gasteiger partial charge is 0.477 e. The monoisotopic (exact) mass is 497 g/mol. The van der Waals surface area contributed by atoms with E-state index in [1.54, 1.807) is 20.8 Å². The molecule has 2 aliphatic rings. The third kappa shape index (κ3) is 6.05. The summed E-state index contributed by atoms with van der Waals surface area (Å²) < 4.78 is 9.89. The fraction of sp³-hybridized carbons (Fsp3) is 0.450. The quantitative estimate of drug-likeness (QED) is 0.499. The molecule has 0 aromatic carbocycles. The first-order valence-corrected chi connectivity index (χ1v) is 11.8. The van der Waals surface area contributed by atoms with Gasteiger partial charge in [-0.3, -0.25) is 14.5 Å². The Kier molecular flexibility index (Phi) is 7.32. The summed E-state index contributed by atoms with van der Waals surface area (Å²) in [6.07, 6.45) is -1.98. The fourth-order valence-corrected chi connectivity index (χ4v) is 5.20. The molecule has 2 aliphatic heterocycles. The Morgan fingerprint density at radius 2 is 1.97 bits per heavy atom. The number of imide groups is 1. The summed E-state index contributed by atoms with van der Waals surface area (Å²) in [6, 6.07) is 2.79. The number of alkyl carbamates (subject to hydrolysis) is 2. The number of carboxylic acid groups (broad SMARTS) is 1. The summed E-state index contributed by atoms with van der Waals surface area (Å²) in [5, 5.41) is 15.5. The average molecular weight is 498 g/mol. The van der Waals surface area contributed by atoms with Crippen molar-refractivity contribution < 1.29 is 38.6 Å². The molecular weight excluding hydrogens is 474 g/mol. The number of nitrogens with one attached hydrogen (secondary N) is 2. The van der Waals surface area contributed by atoms with Crippen LogP contribution in [-0.2, 0) is 30.3 Å². The van der Waals surface area contributed by atoms with Crippen LogP contribution in [0.3, 0.4) is 0 Å². The van der Waals surface area contributed by atoms with Crippen molar-refractivity contribution in [2.45, 2.75) is 44.2 Å². The highest BCUT2D eigenvalue weighted by atomic mass is 32.2. The molecule has 1 unspecified atom stereocenters. The maximum atomic E-state index is 12.6. The summed E-state index contributed by atoms with van der Waals surface area (Å²) in [5.74, 6) is -2.08. The highest BCUT2D eigenvalue weighted by Gasteiger charge is 2.54. The molecular formula is C20H23N3O8S2. The molecule has 178 valence electrons. The molecule has 0 radical (unpaired) electrons. The second-order valence-corrected chi connectivity index (χ2v) is 10.3. The summed E-state index contributed by atoms with van der Waals surface area (Å²) in [5.41, 5.74) is -0.913. The van der Waals surface area contributed by atoms with Gasteiger partial charge in [-0.25, -0.2) is 19.7 Å². The van der Waals surface area contributed by atoms with Crippen molar-refractivity contribution in [1.82, 2.24) is 15.5 Å². The number of amides is 4. The lowest BCUT2D eigenvalue weighted by Crippen LogP contribution is -2.70. The molecule has 3 rings (SSSR count). The molecule has 13 heteroatoms. The van der Waals surface area contributed by atoms with E-state index >= 15 is 0 Å². The lowest BCUT2D eigenvalue weighted by molar-refractivity contribution is -0.150. The molecule has 1 saturated heterocycles. The lowest BCUT2D eigenvalue weighted by Gasteiger charge is -2.49. The van der Waals surface area contributed by atoms with Gasteiger partial charge in [0, 0.05) is 16.2 Å². The number of carbonyl (C=O) groups is 5. The molecule has 0 spiro atoms. The van der Waals surface area contributed by atoms with Crippen LogP contribution in [0, 0.1) is 0 Å². The van der Waals surface area contributed by atoms with E-state index < -0.39 is 47.7 Å². The molecule has 0 bridgehead atoms. The van der Waals surface area contributed by atoms with E-state index in [-0.39, 0.29) is 29.4 Å². The molecule has 3 heterocycles. The Morgan fingerprint density at radius 3 is 2.58 bits per heavy atom. The fourth-order valence-electron chi connectivity index (χ4n) is 3.17. The van der Waals surface area contributed by atoms with Crippen molar-refractivity contribution >= 4 is 53.1 Å². The van der Waals surface area contributed by atoms with Gasteiger partial charge in [0.1, 0.15) is 29.3 Å². The number of carbonyl (C=O) groups excluding carboxylic acids is 4. The van der Waals surface area contributed by atoms with Crippen molar-refractivity contribution in [3.63, 3.8) is 0 Å². The lowest BCUT2D eigenvalue weighted by atomic mass is 10.0. The number of rotatable bonds is 6. The van der Waals surface area contributed by atoms with Gasteiger partial charge in [-0.15, -0.1) is 23.1 Å². The second-order valence-electron chi connectivity index (χ2n) is 8.17. The number of aliphatic carboxylic acids is 1. The number of hydrogen-bond donors (Lipinski definition) is 3. The van der Waals surface area contributed by atoms with Gasteiger partial charge in [-0.1, -0.05) is 6.07 Å². The minimum Gasteiger partial charge on any atom is -0.477 e. The molecule has 4 amide bonds. The zero-order valence-corrected chi connectivity index (χ0v) is 19.7. The number of ether oxygens (including phenoxy) is 2. The van der Waals surface area contributed by atoms with Crippen molar-refractivity contribution in [1.29, 1.82) is 0 Å². The number of nitrogens with zero attached hydrogens (tertiary/aromatic N) is 1. The Bertz CT molecular complexity index is 999. The van der Waals surface area contributed by atoms with Gasteiger partial charge >= 0.3 is 18.2 Å². The van der Waals surface area contributed by atoms with Crippen molar-refractivity contribution in [2.24, 2.45) is 0 Å². The molecule has 11 nitrogen and oxygen atoms in total. The van der Waals surface area contributed by atoms with Crippen molar-refractivity contribution in [3.8, 4) is 0 Å². The van der Waals surface area contributed by atoms with Crippen LogP contribution in [0.4, 0.5) is 9.59 Å². The van der Waals surface area contributed by atoms with Crippen LogP contribution >= 0.6 is 23.1 Å². The zero-order valence-electron chi connectivity index (χ0n) is 18.1. The van der Waals surface area contributed by atoms with Crippen LogP contribution in [0.25, 0.3) is 0 Å². The van der Waals surface area contributed by atoms with Gasteiger partial charge in [-0.2, -0.15) is 0 Å². The van der Waals surface area contributed by atoms with E-state index in [4.69, 9.17) is 9.47 Å². The topological polar surface area (TPSA) is 151 Å². The van der Waals surface area contributed by atoms with Gasteiger partial charge in [-0.05, 0) is 32.2 Å². The SMILES string of the molecule is CC(C)(C)OC(=O)NC(=O)OCC1=C(C(=O)O)N2C(=O)C(NC(=O)Cc3cccs3)[C@@H]2SC1. The van der Waals surface area contributed by atoms with Crippen molar-refractivity contribution in [2.75, 3.05) is 12.4 Å². The standard InChI is InChI=1S/C20H23N3O8S2/c1-20(2,3)31-19(29)22-18(28)30-8-10-9-33-16-13(15(25)23(16)14(10)17(26)27)21-12(24)7-11-5-4-6-32-11/h4-6,13,16H,7-9H2,1-3H3,(H,21,24)(H,26,27)(H,22,28,29)/t13?,16-/m0/s1. The van der Waals surface area contributed by atoms with Gasteiger partial charge in [0.15, 0.2) is 0 Å². The molecule has 1 fully saturated rings. The van der Waals surface area contributed by atoms with Crippen molar-refractivity contribution in [3.05, 3.63) is 33.7 Å². The number of hydrogen-bond acceptors (Lipinski definition) is 9. The number of β-lactam (4-membered cyclic amide) rings is 1. The third-order valence-electron chi connectivity index (χ3n) is 4.46. The Hall–Kier alpha value is -3.06. The summed E-state index contributed by atoms with van der Waals surface area (Å²) in [7, 11) is 0. The molecule has 1 aromatic heterocycles. The molecule has 1 aromatic rings. The van der Waals surface area contributed by atoms with Crippen LogP contribution in [0.5, 0.6) is 0 Å². The van der Waals surface area contributed by atoms with E-state index in [0.717, 1.165) is 9.78 Å². The first-order valence-electron chi connectivity index (χ1n) is 9.85. The van der Waals surface area contributed by atoms with Gasteiger partial charge in [0.2, 0.25) is 5.91 Å². The van der Waals surface area contributed by atoms with Gasteiger partial charge in [0.05, 0.1) is 6.42 Å². The van der Waals surface area contributed by atoms with E-state index in [0.29, 0.717) is 0 Å². The first-order chi connectivity index (χ1) is 15.5. The molecule has 0 aliphatic carbocycles. The predicted molar refractivity (Wildman–Crippen MR) is 118 cm³/mol. The van der Waals surface area contributed by atoms with Gasteiger partial charge < -0.3 is 19.9 Å². The normalized spacial score (nSPS) is 19.8. The number of thioether (sulfide) groups is 1. The number of fused-ring (bicyclic) bond motifs is 1. The second kappa shape index (κ2) is 9.83. The van der Waals surface area contributed by atoms with Gasteiger partial charge in [0.25, 0.3) is 5.91 Å². The highest BCUT2D eigenvalue weighted by molar-refractivity contribution is 8.00. The van der Waals surface area contributed by atoms with Crippen LogP contribution in [0.2, 0.25) is 0 Å². The van der Waals surface area contributed by atoms with Crippen LogP contribution in [-0.4, -0.2) is 69.4 Å². The smallest absolute Gasteiger partial charge is 0.417 e. The zero-order chi connectivity index (χ0) is 24.3. The van der Waals surface area contributed by atoms with Crippen LogP contribution in [0.1, 0.15) is 25.6 Å². The predicted octanol–water partition coefficient (Wildman–Crippen LogP) is 1.69. The van der Waals surface area contributed by atoms with E-state index in [1.165, 1.54) is 23.1 Å². The van der Waals surface area contributed by atoms with E-state index in [9.17, 15) is 29.1 Å². The summed E-state index contributed by atoms with van der Waals surface area (Å²) in [6.45, 7) is 4.44.